The van der Waals surface area contributed by atoms with Crippen LogP contribution >= 0.6 is 11.8 Å². The number of rotatable bonds is 9. The van der Waals surface area contributed by atoms with Gasteiger partial charge in [-0.15, -0.1) is 11.8 Å². The van der Waals surface area contributed by atoms with Crippen LogP contribution in [0.3, 0.4) is 0 Å². The largest absolute Gasteiger partial charge is 0.475 e. The maximum atomic E-state index is 14.5. The molecule has 9 nitrogen and oxygen atoms in total. The van der Waals surface area contributed by atoms with Crippen LogP contribution in [0.5, 0.6) is 0 Å². The summed E-state index contributed by atoms with van der Waals surface area (Å²) in [5.41, 5.74) is 3.06. The highest BCUT2D eigenvalue weighted by Crippen LogP contribution is 2.36. The number of amides is 1. The molecule has 3 aromatic carbocycles. The summed E-state index contributed by atoms with van der Waals surface area (Å²) in [4.78, 5) is 28.9. The van der Waals surface area contributed by atoms with Gasteiger partial charge in [0.1, 0.15) is 5.58 Å². The number of para-hydroxylation sites is 2. The number of carboxylic acids is 1. The molecule has 0 saturated carbocycles. The number of thioether (sulfide) groups is 1. The third-order valence-electron chi connectivity index (χ3n) is 8.42. The van der Waals surface area contributed by atoms with Gasteiger partial charge >= 0.3 is 5.97 Å². The smallest absolute Gasteiger partial charge is 0.372 e. The molecule has 0 spiro atoms. The molecule has 1 atom stereocenters. The van der Waals surface area contributed by atoms with E-state index in [0.29, 0.717) is 54.8 Å². The number of hydrogen-bond acceptors (Lipinski definition) is 7. The number of nitrogens with zero attached hydrogens (tertiary/aromatic N) is 3. The van der Waals surface area contributed by atoms with Crippen molar-refractivity contribution < 1.29 is 27.5 Å². The van der Waals surface area contributed by atoms with E-state index in [9.17, 15) is 23.1 Å². The Kier molecular flexibility index (Phi) is 8.59. The van der Waals surface area contributed by atoms with Crippen molar-refractivity contribution in [3.05, 3.63) is 89.7 Å². The fourth-order valence-electron chi connectivity index (χ4n) is 6.02. The number of aromatic carboxylic acids is 1. The first-order chi connectivity index (χ1) is 21.2. The maximum absolute atomic E-state index is 14.5. The van der Waals surface area contributed by atoms with Gasteiger partial charge in [-0.3, -0.25) is 9.10 Å². The summed E-state index contributed by atoms with van der Waals surface area (Å²) in [6.07, 6.45) is 2.50. The molecular formula is C33H35N3O6S2. The molecule has 1 amide bonds. The summed E-state index contributed by atoms with van der Waals surface area (Å²) < 4.78 is 35.9. The van der Waals surface area contributed by atoms with E-state index in [0.717, 1.165) is 29.8 Å². The average molecular weight is 634 g/mol. The second-order valence-electron chi connectivity index (χ2n) is 11.1. The van der Waals surface area contributed by atoms with Gasteiger partial charge in [-0.1, -0.05) is 42.5 Å². The summed E-state index contributed by atoms with van der Waals surface area (Å²) in [5, 5.41) is 10.0. The van der Waals surface area contributed by atoms with Gasteiger partial charge in [0, 0.05) is 43.7 Å². The van der Waals surface area contributed by atoms with Gasteiger partial charge in [0.15, 0.2) is 0 Å². The Morgan fingerprint density at radius 1 is 1.00 bits per heavy atom. The lowest BCUT2D eigenvalue weighted by molar-refractivity contribution is -0.130. The number of sulfonamides is 1. The SMILES string of the molecule is Cc1c(C(=O)O)oc2ccc(S(=O)(=O)N(CCc3ccccc3)c3ccccc3N3CCN(C(=O)C4CCCS4)CC3)cc12. The Bertz CT molecular complexity index is 1780. The molecule has 1 unspecified atom stereocenters. The molecular weight excluding hydrogens is 599 g/mol. The molecule has 0 radical (unpaired) electrons. The molecule has 6 rings (SSSR count). The zero-order chi connectivity index (χ0) is 30.8. The van der Waals surface area contributed by atoms with Crippen LogP contribution in [-0.2, 0) is 21.2 Å². The molecule has 2 fully saturated rings. The second-order valence-corrected chi connectivity index (χ2v) is 14.3. The van der Waals surface area contributed by atoms with Crippen molar-refractivity contribution in [3.63, 3.8) is 0 Å². The van der Waals surface area contributed by atoms with Crippen LogP contribution in [-0.4, -0.2) is 74.0 Å². The van der Waals surface area contributed by atoms with Crippen molar-refractivity contribution in [1.82, 2.24) is 4.90 Å². The van der Waals surface area contributed by atoms with Crippen LogP contribution in [0.15, 0.2) is 82.1 Å². The zero-order valence-electron chi connectivity index (χ0n) is 24.5. The van der Waals surface area contributed by atoms with E-state index in [1.807, 2.05) is 59.5 Å². The molecule has 1 aromatic heterocycles. The number of carbonyl (C=O) groups excluding carboxylic acids is 1. The molecule has 2 aliphatic heterocycles. The van der Waals surface area contributed by atoms with E-state index in [2.05, 4.69) is 4.90 Å². The van der Waals surface area contributed by atoms with Gasteiger partial charge in [-0.25, -0.2) is 13.2 Å². The van der Waals surface area contributed by atoms with E-state index in [-0.39, 0.29) is 28.4 Å². The first-order valence-corrected chi connectivity index (χ1v) is 17.3. The lowest BCUT2D eigenvalue weighted by atomic mass is 10.1. The quantitative estimate of drug-likeness (QED) is 0.260. The van der Waals surface area contributed by atoms with E-state index in [1.54, 1.807) is 18.7 Å². The molecule has 44 heavy (non-hydrogen) atoms. The van der Waals surface area contributed by atoms with Crippen LogP contribution in [0.25, 0.3) is 11.0 Å². The van der Waals surface area contributed by atoms with Crippen molar-refractivity contribution in [2.24, 2.45) is 0 Å². The lowest BCUT2D eigenvalue weighted by Crippen LogP contribution is -2.51. The number of hydrogen-bond donors (Lipinski definition) is 1. The Balaban J connectivity index is 1.34. The van der Waals surface area contributed by atoms with Gasteiger partial charge in [0.05, 0.1) is 21.5 Å². The molecule has 11 heteroatoms. The highest BCUT2D eigenvalue weighted by molar-refractivity contribution is 8.00. The predicted molar refractivity (Wildman–Crippen MR) is 173 cm³/mol. The van der Waals surface area contributed by atoms with Crippen LogP contribution in [0.2, 0.25) is 0 Å². The number of aryl methyl sites for hydroxylation is 1. The third-order valence-corrected chi connectivity index (χ3v) is 11.6. The highest BCUT2D eigenvalue weighted by atomic mass is 32.2. The number of fused-ring (bicyclic) bond motifs is 1. The maximum Gasteiger partial charge on any atom is 0.372 e. The van der Waals surface area contributed by atoms with E-state index in [4.69, 9.17) is 4.42 Å². The summed E-state index contributed by atoms with van der Waals surface area (Å²) >= 11 is 1.74. The molecule has 3 heterocycles. The third kappa shape index (κ3) is 5.90. The predicted octanol–water partition coefficient (Wildman–Crippen LogP) is 5.42. The minimum atomic E-state index is -4.09. The minimum Gasteiger partial charge on any atom is -0.475 e. The molecule has 4 aromatic rings. The van der Waals surface area contributed by atoms with Crippen LogP contribution in [0, 0.1) is 6.92 Å². The Hall–Kier alpha value is -3.96. The van der Waals surface area contributed by atoms with Gasteiger partial charge in [0.25, 0.3) is 10.0 Å². The fourth-order valence-corrected chi connectivity index (χ4v) is 8.77. The van der Waals surface area contributed by atoms with Gasteiger partial charge < -0.3 is 19.3 Å². The summed E-state index contributed by atoms with van der Waals surface area (Å²) in [5.74, 6) is -0.163. The Morgan fingerprint density at radius 2 is 1.73 bits per heavy atom. The summed E-state index contributed by atoms with van der Waals surface area (Å²) in [6, 6.07) is 21.7. The number of piperazine rings is 1. The molecule has 0 bridgehead atoms. The van der Waals surface area contributed by atoms with Crippen molar-refractivity contribution >= 4 is 56.0 Å². The van der Waals surface area contributed by atoms with E-state index >= 15 is 0 Å². The number of anilines is 2. The standard InChI is InChI=1S/C33H35N3O6S2/c1-23-26-22-25(13-14-29(26)42-31(23)33(38)39)44(40,41)36(16-15-24-8-3-2-4-9-24)28-11-6-5-10-27(28)34-17-19-35(20-18-34)32(37)30-12-7-21-43-30/h2-6,8-11,13-14,22,30H,7,12,15-21H2,1H3,(H,38,39). The molecule has 1 N–H and O–H groups in total. The number of carboxylic acid groups (broad SMARTS) is 1. The number of furan rings is 1. The van der Waals surface area contributed by atoms with Crippen molar-refractivity contribution in [1.29, 1.82) is 0 Å². The fraction of sp³-hybridized carbons (Fsp3) is 0.333. The van der Waals surface area contributed by atoms with Crippen molar-refractivity contribution in [3.8, 4) is 0 Å². The minimum absolute atomic E-state index is 0.0511. The van der Waals surface area contributed by atoms with Crippen molar-refractivity contribution in [2.45, 2.75) is 36.3 Å². The van der Waals surface area contributed by atoms with Gasteiger partial charge in [-0.05, 0) is 67.8 Å². The van der Waals surface area contributed by atoms with E-state index < -0.39 is 16.0 Å². The topological polar surface area (TPSA) is 111 Å². The van der Waals surface area contributed by atoms with Crippen LogP contribution in [0.1, 0.15) is 34.5 Å². The first-order valence-electron chi connectivity index (χ1n) is 14.8. The molecule has 230 valence electrons. The summed E-state index contributed by atoms with van der Waals surface area (Å²) in [6.45, 7) is 4.19. The zero-order valence-corrected chi connectivity index (χ0v) is 26.1. The Labute approximate surface area is 261 Å². The van der Waals surface area contributed by atoms with Crippen LogP contribution in [0.4, 0.5) is 11.4 Å². The lowest BCUT2D eigenvalue weighted by Gasteiger charge is -2.39. The van der Waals surface area contributed by atoms with E-state index in [1.165, 1.54) is 22.5 Å². The highest BCUT2D eigenvalue weighted by Gasteiger charge is 2.33. The molecule has 2 saturated heterocycles. The molecule has 0 aliphatic carbocycles. The molecule has 2 aliphatic rings. The van der Waals surface area contributed by atoms with Gasteiger partial charge in [0.2, 0.25) is 11.7 Å². The normalized spacial score (nSPS) is 17.2. The monoisotopic (exact) mass is 633 g/mol. The number of benzene rings is 3. The first kappa shape index (κ1) is 30.1. The Morgan fingerprint density at radius 3 is 2.43 bits per heavy atom. The van der Waals surface area contributed by atoms with Crippen molar-refractivity contribution in [2.75, 3.05) is 47.7 Å². The summed E-state index contributed by atoms with van der Waals surface area (Å²) in [7, 11) is -4.09. The van der Waals surface area contributed by atoms with Crippen LogP contribution < -0.4 is 9.21 Å². The average Bonchev–Trinajstić information content (AvgIpc) is 3.70. The number of carbonyl (C=O) groups is 2. The second kappa shape index (κ2) is 12.6. The van der Waals surface area contributed by atoms with Gasteiger partial charge in [-0.2, -0.15) is 0 Å².